The van der Waals surface area contributed by atoms with Crippen molar-refractivity contribution in [2.75, 3.05) is 5.75 Å². The van der Waals surface area contributed by atoms with Crippen molar-refractivity contribution in [1.29, 1.82) is 0 Å². The molecule has 0 aliphatic heterocycles. The molecule has 0 spiro atoms. The minimum Gasteiger partial charge on any atom is -0.351 e. The van der Waals surface area contributed by atoms with Gasteiger partial charge in [0.05, 0.1) is 12.0 Å². The summed E-state index contributed by atoms with van der Waals surface area (Å²) in [5.41, 5.74) is 1.68. The molecule has 150 valence electrons. The largest absolute Gasteiger partial charge is 0.351 e. The van der Waals surface area contributed by atoms with Gasteiger partial charge in [-0.3, -0.25) is 4.79 Å². The third-order valence-corrected chi connectivity index (χ3v) is 5.54. The number of nitrogens with one attached hydrogen (secondary N) is 1. The molecule has 0 saturated carbocycles. The predicted molar refractivity (Wildman–Crippen MR) is 118 cm³/mol. The number of aryl methyl sites for hydroxylation is 1. The molecule has 0 atom stereocenters. The van der Waals surface area contributed by atoms with Crippen LogP contribution in [0.3, 0.4) is 0 Å². The van der Waals surface area contributed by atoms with E-state index in [0.717, 1.165) is 11.1 Å². The van der Waals surface area contributed by atoms with Gasteiger partial charge >= 0.3 is 0 Å². The molecule has 0 radical (unpaired) electrons. The van der Waals surface area contributed by atoms with Crippen molar-refractivity contribution in [3.63, 3.8) is 0 Å². The molecule has 10 heteroatoms. The van der Waals surface area contributed by atoms with E-state index in [4.69, 9.17) is 34.8 Å². The molecule has 0 fully saturated rings. The second-order valence-electron chi connectivity index (χ2n) is 5.94. The number of halogens is 3. The van der Waals surface area contributed by atoms with E-state index in [1.807, 2.05) is 12.1 Å². The van der Waals surface area contributed by atoms with Crippen LogP contribution >= 0.6 is 46.6 Å². The summed E-state index contributed by atoms with van der Waals surface area (Å²) in [4.78, 5) is 12.2. The zero-order valence-corrected chi connectivity index (χ0v) is 18.4. The van der Waals surface area contributed by atoms with Crippen LogP contribution in [0.5, 0.6) is 0 Å². The molecule has 3 rings (SSSR count). The first-order valence-corrected chi connectivity index (χ1v) is 10.6. The van der Waals surface area contributed by atoms with Crippen LogP contribution in [-0.2, 0) is 11.3 Å². The SMILES string of the molecule is Cc1nnc(SCC(=O)NCc2ccc(Cl)cc2Cl)n1N=Cc1ccc(Cl)cc1. The van der Waals surface area contributed by atoms with E-state index >= 15 is 0 Å². The van der Waals surface area contributed by atoms with E-state index in [1.165, 1.54) is 11.8 Å². The lowest BCUT2D eigenvalue weighted by molar-refractivity contribution is -0.118. The Morgan fingerprint density at radius 2 is 1.86 bits per heavy atom. The Bertz CT molecular complexity index is 1040. The summed E-state index contributed by atoms with van der Waals surface area (Å²) in [7, 11) is 0. The Hall–Kier alpha value is -2.06. The molecule has 1 N–H and O–H groups in total. The van der Waals surface area contributed by atoms with Crippen LogP contribution in [0.25, 0.3) is 0 Å². The van der Waals surface area contributed by atoms with E-state index in [2.05, 4.69) is 20.6 Å². The predicted octanol–water partition coefficient (Wildman–Crippen LogP) is 4.84. The molecule has 1 aromatic heterocycles. The third-order valence-electron chi connectivity index (χ3n) is 3.78. The van der Waals surface area contributed by atoms with Gasteiger partial charge in [-0.05, 0) is 42.3 Å². The minimum atomic E-state index is -0.157. The maximum atomic E-state index is 12.2. The Balaban J connectivity index is 1.58. The Kier molecular flexibility index (Phi) is 7.55. The average molecular weight is 469 g/mol. The van der Waals surface area contributed by atoms with Gasteiger partial charge < -0.3 is 5.32 Å². The number of amides is 1. The second-order valence-corrected chi connectivity index (χ2v) is 8.16. The van der Waals surface area contributed by atoms with Crippen molar-refractivity contribution in [2.45, 2.75) is 18.6 Å². The van der Waals surface area contributed by atoms with Gasteiger partial charge in [-0.2, -0.15) is 9.78 Å². The van der Waals surface area contributed by atoms with Crippen molar-refractivity contribution in [3.05, 3.63) is 74.5 Å². The van der Waals surface area contributed by atoms with Gasteiger partial charge in [-0.1, -0.05) is 64.8 Å². The van der Waals surface area contributed by atoms with E-state index in [9.17, 15) is 4.79 Å². The fourth-order valence-corrected chi connectivity index (χ4v) is 3.64. The van der Waals surface area contributed by atoms with Gasteiger partial charge in [0.25, 0.3) is 0 Å². The lowest BCUT2D eigenvalue weighted by Crippen LogP contribution is -2.24. The summed E-state index contributed by atoms with van der Waals surface area (Å²) in [6.45, 7) is 2.11. The number of rotatable bonds is 7. The number of carbonyl (C=O) groups is 1. The van der Waals surface area contributed by atoms with Crippen molar-refractivity contribution < 1.29 is 4.79 Å². The highest BCUT2D eigenvalue weighted by Crippen LogP contribution is 2.21. The molecule has 1 amide bonds. The van der Waals surface area contributed by atoms with Gasteiger partial charge in [0.2, 0.25) is 11.1 Å². The van der Waals surface area contributed by atoms with Crippen molar-refractivity contribution in [1.82, 2.24) is 20.2 Å². The van der Waals surface area contributed by atoms with E-state index in [1.54, 1.807) is 48.1 Å². The molecule has 3 aromatic rings. The smallest absolute Gasteiger partial charge is 0.230 e. The van der Waals surface area contributed by atoms with Gasteiger partial charge in [0, 0.05) is 21.6 Å². The van der Waals surface area contributed by atoms with Crippen molar-refractivity contribution in [2.24, 2.45) is 5.10 Å². The Labute approximate surface area is 187 Å². The number of aromatic nitrogens is 3. The van der Waals surface area contributed by atoms with E-state index in [0.29, 0.717) is 32.6 Å². The second kappa shape index (κ2) is 10.1. The summed E-state index contributed by atoms with van der Waals surface area (Å²) in [6, 6.07) is 12.4. The van der Waals surface area contributed by atoms with Crippen molar-refractivity contribution >= 4 is 58.7 Å². The molecular weight excluding hydrogens is 453 g/mol. The van der Waals surface area contributed by atoms with Crippen LogP contribution in [0.4, 0.5) is 0 Å². The molecule has 29 heavy (non-hydrogen) atoms. The normalized spacial score (nSPS) is 11.2. The van der Waals surface area contributed by atoms with Gasteiger partial charge in [0.15, 0.2) is 5.82 Å². The maximum Gasteiger partial charge on any atom is 0.230 e. The number of hydrogen-bond donors (Lipinski definition) is 1. The fourth-order valence-electron chi connectivity index (χ4n) is 2.27. The number of benzene rings is 2. The number of thioether (sulfide) groups is 1. The fraction of sp³-hybridized carbons (Fsp3) is 0.158. The average Bonchev–Trinajstić information content (AvgIpc) is 3.05. The molecule has 0 aliphatic carbocycles. The van der Waals surface area contributed by atoms with Gasteiger partial charge in [-0.15, -0.1) is 10.2 Å². The summed E-state index contributed by atoms with van der Waals surface area (Å²) >= 11 is 19.1. The quantitative estimate of drug-likeness (QED) is 0.398. The molecule has 0 bridgehead atoms. The third kappa shape index (κ3) is 6.21. The molecular formula is C19H16Cl3N5OS. The Morgan fingerprint density at radius 3 is 2.59 bits per heavy atom. The van der Waals surface area contributed by atoms with Crippen LogP contribution in [0.2, 0.25) is 15.1 Å². The first kappa shape index (κ1) is 21.6. The van der Waals surface area contributed by atoms with Gasteiger partial charge in [-0.25, -0.2) is 0 Å². The van der Waals surface area contributed by atoms with E-state index in [-0.39, 0.29) is 11.7 Å². The highest BCUT2D eigenvalue weighted by Gasteiger charge is 2.12. The Morgan fingerprint density at radius 1 is 1.14 bits per heavy atom. The molecule has 1 heterocycles. The first-order chi connectivity index (χ1) is 13.9. The van der Waals surface area contributed by atoms with Crippen LogP contribution in [0.1, 0.15) is 17.0 Å². The maximum absolute atomic E-state index is 12.2. The number of hydrogen-bond acceptors (Lipinski definition) is 5. The number of carbonyl (C=O) groups excluding carboxylic acids is 1. The summed E-state index contributed by atoms with van der Waals surface area (Å²) in [5, 5.41) is 17.6. The highest BCUT2D eigenvalue weighted by atomic mass is 35.5. The summed E-state index contributed by atoms with van der Waals surface area (Å²) in [6.07, 6.45) is 1.68. The summed E-state index contributed by atoms with van der Waals surface area (Å²) < 4.78 is 1.59. The van der Waals surface area contributed by atoms with Gasteiger partial charge in [0.1, 0.15) is 0 Å². The van der Waals surface area contributed by atoms with Crippen molar-refractivity contribution in [3.8, 4) is 0 Å². The lowest BCUT2D eigenvalue weighted by atomic mass is 10.2. The standard InChI is InChI=1S/C19H16Cl3N5OS/c1-12-25-26-19(27(12)24-9-13-2-5-15(20)6-3-13)29-11-18(28)23-10-14-4-7-16(21)8-17(14)22/h2-9H,10-11H2,1H3,(H,23,28). The van der Waals surface area contributed by atoms with E-state index < -0.39 is 0 Å². The van der Waals surface area contributed by atoms with Crippen LogP contribution < -0.4 is 5.32 Å². The number of nitrogens with zero attached hydrogens (tertiary/aromatic N) is 4. The summed E-state index contributed by atoms with van der Waals surface area (Å²) in [5.74, 6) is 0.626. The zero-order valence-electron chi connectivity index (χ0n) is 15.3. The molecule has 2 aromatic carbocycles. The molecule has 0 unspecified atom stereocenters. The molecule has 0 saturated heterocycles. The van der Waals surface area contributed by atoms with Crippen LogP contribution in [0, 0.1) is 6.92 Å². The minimum absolute atomic E-state index is 0.157. The molecule has 6 nitrogen and oxygen atoms in total. The van der Waals surface area contributed by atoms with Crippen LogP contribution in [-0.4, -0.2) is 32.7 Å². The van der Waals surface area contributed by atoms with Crippen LogP contribution in [0.15, 0.2) is 52.7 Å². The monoisotopic (exact) mass is 467 g/mol. The topological polar surface area (TPSA) is 72.2 Å². The zero-order chi connectivity index (χ0) is 20.8. The molecule has 0 aliphatic rings. The lowest BCUT2D eigenvalue weighted by Gasteiger charge is -2.07. The highest BCUT2D eigenvalue weighted by molar-refractivity contribution is 7.99. The first-order valence-electron chi connectivity index (χ1n) is 8.48.